The third kappa shape index (κ3) is 5.34. The molecule has 1 aliphatic carbocycles. The Morgan fingerprint density at radius 1 is 1.06 bits per heavy atom. The average Bonchev–Trinajstić information content (AvgIpc) is 3.62. The maximum Gasteiger partial charge on any atom is 0.230 e. The number of carbonyl (C=O) groups excluding carboxylic acids is 1. The van der Waals surface area contributed by atoms with Gasteiger partial charge in [-0.15, -0.1) is 10.2 Å². The van der Waals surface area contributed by atoms with E-state index in [-0.39, 0.29) is 11.7 Å². The summed E-state index contributed by atoms with van der Waals surface area (Å²) in [5, 5.41) is 12.2. The number of aromatic nitrogens is 3. The van der Waals surface area contributed by atoms with E-state index in [1.165, 1.54) is 29.3 Å². The number of rotatable bonds is 10. The number of carbonyl (C=O) groups is 1. The van der Waals surface area contributed by atoms with Crippen LogP contribution in [0, 0.1) is 0 Å². The molecule has 1 aliphatic rings. The van der Waals surface area contributed by atoms with Gasteiger partial charge in [-0.2, -0.15) is 0 Å². The van der Waals surface area contributed by atoms with E-state index >= 15 is 0 Å². The number of thioether (sulfide) groups is 1. The molecule has 0 spiro atoms. The van der Waals surface area contributed by atoms with Gasteiger partial charge in [0, 0.05) is 0 Å². The fourth-order valence-electron chi connectivity index (χ4n) is 4.07. The first-order chi connectivity index (χ1) is 16.8. The van der Waals surface area contributed by atoms with Crippen molar-refractivity contribution < 1.29 is 13.9 Å². The van der Waals surface area contributed by atoms with Crippen molar-refractivity contribution in [2.24, 2.45) is 0 Å². The van der Waals surface area contributed by atoms with E-state index in [2.05, 4.69) is 27.6 Å². The molecular weight excluding hydrogens is 448 g/mol. The van der Waals surface area contributed by atoms with Gasteiger partial charge in [-0.1, -0.05) is 48.2 Å². The summed E-state index contributed by atoms with van der Waals surface area (Å²) in [6.07, 6.45) is 5.11. The largest absolute Gasteiger partial charge is 0.492 e. The van der Waals surface area contributed by atoms with E-state index in [1.807, 2.05) is 53.1 Å². The molecule has 1 N–H and O–H groups in total. The van der Waals surface area contributed by atoms with Crippen molar-refractivity contribution in [3.63, 3.8) is 0 Å². The Balaban J connectivity index is 1.15. The molecule has 0 saturated heterocycles. The molecule has 0 radical (unpaired) electrons. The van der Waals surface area contributed by atoms with E-state index in [1.54, 1.807) is 6.26 Å². The minimum Gasteiger partial charge on any atom is -0.492 e. The summed E-state index contributed by atoms with van der Waals surface area (Å²) in [5.74, 6) is 2.31. The van der Waals surface area contributed by atoms with Crippen LogP contribution in [0.5, 0.6) is 5.75 Å². The third-order valence-corrected chi connectivity index (χ3v) is 6.70. The fourth-order valence-corrected chi connectivity index (χ4v) is 4.84. The Kier molecular flexibility index (Phi) is 6.95. The molecule has 8 heteroatoms. The van der Waals surface area contributed by atoms with Crippen molar-refractivity contribution in [2.45, 2.75) is 31.0 Å². The molecule has 7 nitrogen and oxygen atoms in total. The smallest absolute Gasteiger partial charge is 0.230 e. The molecule has 4 aromatic rings. The lowest BCUT2D eigenvalue weighted by Crippen LogP contribution is -2.29. The first-order valence-corrected chi connectivity index (χ1v) is 12.4. The monoisotopic (exact) mass is 474 g/mol. The summed E-state index contributed by atoms with van der Waals surface area (Å²) in [6, 6.07) is 20.0. The highest BCUT2D eigenvalue weighted by Gasteiger charge is 2.18. The summed E-state index contributed by atoms with van der Waals surface area (Å²) >= 11 is 1.36. The molecular formula is C26H26N4O3S. The number of ether oxygens (including phenoxy) is 1. The van der Waals surface area contributed by atoms with Crippen LogP contribution >= 0.6 is 11.8 Å². The van der Waals surface area contributed by atoms with Gasteiger partial charge < -0.3 is 14.5 Å². The number of hydrogen-bond acceptors (Lipinski definition) is 6. The lowest BCUT2D eigenvalue weighted by Gasteiger charge is -2.10. The molecule has 2 aromatic heterocycles. The molecule has 0 aliphatic heterocycles. The Hall–Kier alpha value is -3.52. The fraction of sp³-hybridized carbons (Fsp3) is 0.269. The molecule has 2 heterocycles. The zero-order valence-electron chi connectivity index (χ0n) is 18.8. The Morgan fingerprint density at radius 2 is 1.94 bits per heavy atom. The van der Waals surface area contributed by atoms with Crippen LogP contribution in [-0.2, 0) is 24.2 Å². The molecule has 0 atom stereocenters. The predicted molar refractivity (Wildman–Crippen MR) is 131 cm³/mol. The van der Waals surface area contributed by atoms with Gasteiger partial charge in [0.15, 0.2) is 10.9 Å². The van der Waals surface area contributed by atoms with Gasteiger partial charge in [-0.3, -0.25) is 9.36 Å². The minimum atomic E-state index is -0.0728. The molecule has 1 amide bonds. The maximum absolute atomic E-state index is 12.4. The van der Waals surface area contributed by atoms with Crippen LogP contribution in [0.4, 0.5) is 0 Å². The molecule has 0 saturated carbocycles. The highest BCUT2D eigenvalue weighted by molar-refractivity contribution is 7.99. The first-order valence-electron chi connectivity index (χ1n) is 11.4. The Bertz CT molecular complexity index is 1240. The summed E-state index contributed by atoms with van der Waals surface area (Å²) in [4.78, 5) is 12.4. The minimum absolute atomic E-state index is 0.0728. The number of amides is 1. The van der Waals surface area contributed by atoms with Crippen LogP contribution in [0.15, 0.2) is 76.5 Å². The standard InChI is InChI=1S/C26H26N4O3S/c31-24(27-13-15-32-22-12-11-20-8-4-9-21(20)16-22)18-34-26-29-28-25(23-10-5-14-33-23)30(26)17-19-6-2-1-3-7-19/h1-3,5-7,10-12,14,16H,4,8-9,13,15,17-18H2,(H,27,31). The Labute approximate surface area is 202 Å². The average molecular weight is 475 g/mol. The first kappa shape index (κ1) is 22.3. The highest BCUT2D eigenvalue weighted by atomic mass is 32.2. The van der Waals surface area contributed by atoms with Crippen LogP contribution < -0.4 is 10.1 Å². The second-order valence-electron chi connectivity index (χ2n) is 8.13. The molecule has 174 valence electrons. The van der Waals surface area contributed by atoms with Crippen LogP contribution in [0.1, 0.15) is 23.1 Å². The van der Waals surface area contributed by atoms with Crippen LogP contribution in [0.3, 0.4) is 0 Å². The molecule has 0 unspecified atom stereocenters. The summed E-state index contributed by atoms with van der Waals surface area (Å²) in [7, 11) is 0. The number of benzene rings is 2. The number of hydrogen-bond donors (Lipinski definition) is 1. The van der Waals surface area contributed by atoms with E-state index < -0.39 is 0 Å². The van der Waals surface area contributed by atoms with Gasteiger partial charge in [0.2, 0.25) is 11.7 Å². The number of furan rings is 1. The summed E-state index contributed by atoms with van der Waals surface area (Å²) in [5.41, 5.74) is 3.92. The maximum atomic E-state index is 12.4. The second-order valence-corrected chi connectivity index (χ2v) is 9.07. The number of fused-ring (bicyclic) bond motifs is 1. The lowest BCUT2D eigenvalue weighted by atomic mass is 10.1. The van der Waals surface area contributed by atoms with Gasteiger partial charge in [-0.05, 0) is 60.2 Å². The van der Waals surface area contributed by atoms with Crippen molar-refractivity contribution in [1.82, 2.24) is 20.1 Å². The van der Waals surface area contributed by atoms with Crippen LogP contribution in [-0.4, -0.2) is 39.6 Å². The summed E-state index contributed by atoms with van der Waals surface area (Å²) in [6.45, 7) is 1.47. The van der Waals surface area contributed by atoms with Gasteiger partial charge in [-0.25, -0.2) is 0 Å². The SMILES string of the molecule is O=C(CSc1nnc(-c2ccco2)n1Cc1ccccc1)NCCOc1ccc2c(c1)CCC2. The second kappa shape index (κ2) is 10.6. The van der Waals surface area contributed by atoms with Crippen molar-refractivity contribution in [3.8, 4) is 17.3 Å². The van der Waals surface area contributed by atoms with E-state index in [0.29, 0.717) is 36.4 Å². The quantitative estimate of drug-likeness (QED) is 0.272. The lowest BCUT2D eigenvalue weighted by molar-refractivity contribution is -0.118. The van der Waals surface area contributed by atoms with Gasteiger partial charge in [0.05, 0.1) is 25.1 Å². The highest BCUT2D eigenvalue weighted by Crippen LogP contribution is 2.27. The molecule has 34 heavy (non-hydrogen) atoms. The normalized spacial score (nSPS) is 12.5. The number of nitrogens with zero attached hydrogens (tertiary/aromatic N) is 3. The van der Waals surface area contributed by atoms with Crippen LogP contribution in [0.25, 0.3) is 11.6 Å². The van der Waals surface area contributed by atoms with E-state index in [9.17, 15) is 4.79 Å². The van der Waals surface area contributed by atoms with Crippen molar-refractivity contribution in [1.29, 1.82) is 0 Å². The zero-order chi connectivity index (χ0) is 23.2. The van der Waals surface area contributed by atoms with Crippen molar-refractivity contribution in [2.75, 3.05) is 18.9 Å². The third-order valence-electron chi connectivity index (χ3n) is 5.74. The number of nitrogens with one attached hydrogen (secondary N) is 1. The van der Waals surface area contributed by atoms with Gasteiger partial charge in [0.25, 0.3) is 0 Å². The molecule has 5 rings (SSSR count). The van der Waals surface area contributed by atoms with Crippen LogP contribution in [0.2, 0.25) is 0 Å². The molecule has 0 bridgehead atoms. The van der Waals surface area contributed by atoms with Crippen molar-refractivity contribution >= 4 is 17.7 Å². The number of aryl methyl sites for hydroxylation is 2. The van der Waals surface area contributed by atoms with Gasteiger partial charge in [0.1, 0.15) is 12.4 Å². The van der Waals surface area contributed by atoms with Crippen molar-refractivity contribution in [3.05, 3.63) is 83.6 Å². The predicted octanol–water partition coefficient (Wildman–Crippen LogP) is 4.36. The molecule has 0 fully saturated rings. The van der Waals surface area contributed by atoms with E-state index in [4.69, 9.17) is 9.15 Å². The van der Waals surface area contributed by atoms with E-state index in [0.717, 1.165) is 24.2 Å². The zero-order valence-corrected chi connectivity index (χ0v) is 19.6. The topological polar surface area (TPSA) is 82.2 Å². The molecule has 2 aromatic carbocycles. The van der Waals surface area contributed by atoms with Gasteiger partial charge >= 0.3 is 0 Å². The summed E-state index contributed by atoms with van der Waals surface area (Å²) < 4.78 is 13.3. The Morgan fingerprint density at radius 3 is 2.79 bits per heavy atom.